The molecule has 2 aliphatic rings. The second-order valence-corrected chi connectivity index (χ2v) is 3.63. The second kappa shape index (κ2) is 2.42. The number of aliphatic hydroxyl groups excluding tert-OH is 1. The molecule has 0 amide bonds. The average Bonchev–Trinajstić information content (AvgIpc) is 2.47. The maximum atomic E-state index is 9.64. The molecule has 12 heavy (non-hydrogen) atoms. The molecule has 0 radical (unpaired) electrons. The van der Waals surface area contributed by atoms with Crippen molar-refractivity contribution >= 4 is 0 Å². The summed E-state index contributed by atoms with van der Waals surface area (Å²) in [6.07, 6.45) is -2.18. The summed E-state index contributed by atoms with van der Waals surface area (Å²) in [5.41, 5.74) is 0. The van der Waals surface area contributed by atoms with Gasteiger partial charge in [-0.15, -0.1) is 0 Å². The van der Waals surface area contributed by atoms with E-state index >= 15 is 0 Å². The largest absolute Gasteiger partial charge is 0.387 e. The zero-order chi connectivity index (χ0) is 9.64. The third-order valence-corrected chi connectivity index (χ3v) is 2.11. The molecule has 0 saturated carbocycles. The zero-order valence-corrected chi connectivity index (χ0v) is 7.19. The summed E-state index contributed by atoms with van der Waals surface area (Å²) in [5.74, 6) is -0.691. The van der Waals surface area contributed by atoms with Crippen LogP contribution < -0.4 is 0 Å². The molecule has 0 aromatic heterocycles. The van der Waals surface area contributed by atoms with Gasteiger partial charge >= 0.3 is 0 Å². The van der Waals surface area contributed by atoms with Gasteiger partial charge in [-0.2, -0.15) is 0 Å². The Bertz CT molecular complexity index is 208. The molecule has 2 saturated heterocycles. The molecule has 0 aromatic rings. The van der Waals surface area contributed by atoms with Gasteiger partial charge in [0.15, 0.2) is 12.1 Å². The Morgan fingerprint density at radius 2 is 2.17 bits per heavy atom. The normalized spacial score (nSPS) is 52.1. The van der Waals surface area contributed by atoms with Gasteiger partial charge in [-0.05, 0) is 20.7 Å². The Hall–Kier alpha value is -0.160. The van der Waals surface area contributed by atoms with Crippen LogP contribution in [0.4, 0.5) is 0 Å². The maximum absolute atomic E-state index is 9.64. The summed E-state index contributed by atoms with van der Waals surface area (Å²) < 4.78 is 23.2. The van der Waals surface area contributed by atoms with Crippen molar-refractivity contribution in [3.63, 3.8) is 0 Å². The van der Waals surface area contributed by atoms with E-state index in [0.29, 0.717) is 0 Å². The third kappa shape index (κ3) is 1.15. The molecule has 70 valence electrons. The summed E-state index contributed by atoms with van der Waals surface area (Å²) >= 11 is 0. The summed E-state index contributed by atoms with van der Waals surface area (Å²) in [4.78, 5) is 0. The topological polar surface area (TPSA) is 47.9 Å². The lowest BCUT2D eigenvalue weighted by Crippen LogP contribution is -2.33. The van der Waals surface area contributed by atoms with Crippen LogP contribution in [0.1, 0.15) is 22.1 Å². The van der Waals surface area contributed by atoms with Crippen molar-refractivity contribution in [2.75, 3.05) is 0 Å². The molecule has 2 aliphatic heterocycles. The van der Waals surface area contributed by atoms with Crippen molar-refractivity contribution < 1.29 is 20.7 Å². The van der Waals surface area contributed by atoms with Crippen molar-refractivity contribution in [2.24, 2.45) is 0 Å². The number of rotatable bonds is 0. The molecule has 0 bridgehead atoms. The Balaban J connectivity index is 2.07. The predicted octanol–water partition coefficient (Wildman–Crippen LogP) is 0.244. The van der Waals surface area contributed by atoms with E-state index in [1.165, 1.54) is 0 Å². The van der Waals surface area contributed by atoms with E-state index in [1.54, 1.807) is 13.8 Å². The number of hydrogen-bond acceptors (Lipinski definition) is 4. The number of fused-ring (bicyclic) bond motifs is 1. The highest BCUT2D eigenvalue weighted by Gasteiger charge is 2.52. The SMILES string of the molecule is [2H]C[C@H]1O[C@@H]2OC(C)(C)O[C@@H]2[C@H]1O. The van der Waals surface area contributed by atoms with Crippen molar-refractivity contribution in [2.45, 2.75) is 51.1 Å². The van der Waals surface area contributed by atoms with Gasteiger partial charge in [0.2, 0.25) is 0 Å². The molecule has 2 fully saturated rings. The van der Waals surface area contributed by atoms with Gasteiger partial charge in [-0.1, -0.05) is 0 Å². The zero-order valence-electron chi connectivity index (χ0n) is 8.19. The first kappa shape index (κ1) is 7.26. The first-order chi connectivity index (χ1) is 6.03. The van der Waals surface area contributed by atoms with Crippen LogP contribution in [0.2, 0.25) is 0 Å². The van der Waals surface area contributed by atoms with E-state index in [1.807, 2.05) is 0 Å². The Morgan fingerprint density at radius 1 is 1.42 bits per heavy atom. The summed E-state index contributed by atoms with van der Waals surface area (Å²) in [6, 6.07) is 0. The van der Waals surface area contributed by atoms with E-state index in [0.717, 1.165) is 0 Å². The molecule has 2 heterocycles. The minimum Gasteiger partial charge on any atom is -0.387 e. The number of ether oxygens (including phenoxy) is 3. The fourth-order valence-corrected chi connectivity index (χ4v) is 1.56. The Morgan fingerprint density at radius 3 is 2.75 bits per heavy atom. The molecule has 0 aliphatic carbocycles. The highest BCUT2D eigenvalue weighted by Crippen LogP contribution is 2.36. The van der Waals surface area contributed by atoms with Crippen LogP contribution in [0.25, 0.3) is 0 Å². The minimum atomic E-state index is -0.746. The van der Waals surface area contributed by atoms with Gasteiger partial charge < -0.3 is 19.3 Å². The van der Waals surface area contributed by atoms with Crippen LogP contribution in [-0.2, 0) is 14.2 Å². The molecule has 0 unspecified atom stereocenters. The molecule has 2 rings (SSSR count). The maximum Gasteiger partial charge on any atom is 0.190 e. The number of hydrogen-bond donors (Lipinski definition) is 1. The first-order valence-electron chi connectivity index (χ1n) is 4.72. The van der Waals surface area contributed by atoms with Crippen LogP contribution in [0.15, 0.2) is 0 Å². The summed E-state index contributed by atoms with van der Waals surface area (Å²) in [6.45, 7) is 3.58. The van der Waals surface area contributed by atoms with Gasteiger partial charge in [0.05, 0.1) is 6.10 Å². The lowest BCUT2D eigenvalue weighted by atomic mass is 10.2. The summed E-state index contributed by atoms with van der Waals surface area (Å²) in [5, 5.41) is 9.64. The molecule has 0 spiro atoms. The Labute approximate surface area is 72.8 Å². The minimum absolute atomic E-state index is 0.0291. The van der Waals surface area contributed by atoms with Crippen LogP contribution in [0.5, 0.6) is 0 Å². The van der Waals surface area contributed by atoms with E-state index < -0.39 is 30.4 Å². The fourth-order valence-electron chi connectivity index (χ4n) is 1.56. The highest BCUT2D eigenvalue weighted by atomic mass is 16.8. The monoisotopic (exact) mass is 175 g/mol. The molecule has 1 N–H and O–H groups in total. The van der Waals surface area contributed by atoms with E-state index in [4.69, 9.17) is 15.6 Å². The van der Waals surface area contributed by atoms with Gasteiger partial charge in [-0.25, -0.2) is 0 Å². The second-order valence-electron chi connectivity index (χ2n) is 3.63. The van der Waals surface area contributed by atoms with Crippen molar-refractivity contribution in [1.82, 2.24) is 0 Å². The van der Waals surface area contributed by atoms with Crippen molar-refractivity contribution in [3.05, 3.63) is 0 Å². The average molecular weight is 175 g/mol. The first-order valence-corrected chi connectivity index (χ1v) is 4.02. The smallest absolute Gasteiger partial charge is 0.190 e. The lowest BCUT2D eigenvalue weighted by Gasteiger charge is -2.20. The predicted molar refractivity (Wildman–Crippen MR) is 40.4 cm³/mol. The fraction of sp³-hybridized carbons (Fsp3) is 1.00. The summed E-state index contributed by atoms with van der Waals surface area (Å²) in [7, 11) is 0. The van der Waals surface area contributed by atoms with Crippen molar-refractivity contribution in [1.29, 1.82) is 0 Å². The molecule has 4 nitrogen and oxygen atoms in total. The molecule has 0 aromatic carbocycles. The van der Waals surface area contributed by atoms with Crippen LogP contribution in [0.3, 0.4) is 0 Å². The van der Waals surface area contributed by atoms with Gasteiger partial charge in [-0.3, -0.25) is 0 Å². The van der Waals surface area contributed by atoms with Gasteiger partial charge in [0.25, 0.3) is 0 Å². The lowest BCUT2D eigenvalue weighted by molar-refractivity contribution is -0.212. The molecular weight excluding hydrogens is 160 g/mol. The van der Waals surface area contributed by atoms with E-state index in [9.17, 15) is 5.11 Å². The van der Waals surface area contributed by atoms with Gasteiger partial charge in [0.1, 0.15) is 12.2 Å². The molecular formula is C8H14O4. The quantitative estimate of drug-likeness (QED) is 0.573. The molecule has 4 atom stereocenters. The van der Waals surface area contributed by atoms with E-state index in [2.05, 4.69) is 0 Å². The third-order valence-electron chi connectivity index (χ3n) is 2.11. The highest BCUT2D eigenvalue weighted by molar-refractivity contribution is 4.90. The van der Waals surface area contributed by atoms with Crippen LogP contribution in [-0.4, -0.2) is 35.5 Å². The molecule has 4 heteroatoms. The van der Waals surface area contributed by atoms with Crippen LogP contribution >= 0.6 is 0 Å². The Kier molecular flexibility index (Phi) is 1.46. The number of aliphatic hydroxyl groups is 1. The van der Waals surface area contributed by atoms with Crippen LogP contribution in [0, 0.1) is 0 Å². The standard InChI is InChI=1S/C8H14O4/c1-4-5(9)6-7(10-4)12-8(2,3)11-6/h4-7,9H,1-3H3/t4-,5+,6-,7-/m1/s1/i1D. The van der Waals surface area contributed by atoms with Gasteiger partial charge in [0, 0.05) is 1.37 Å². The van der Waals surface area contributed by atoms with Crippen molar-refractivity contribution in [3.8, 4) is 0 Å². The van der Waals surface area contributed by atoms with E-state index in [-0.39, 0.29) is 6.90 Å².